The van der Waals surface area contributed by atoms with Crippen molar-refractivity contribution >= 4 is 5.97 Å². The van der Waals surface area contributed by atoms with Crippen molar-refractivity contribution in [2.24, 2.45) is 5.73 Å². The first kappa shape index (κ1) is 18.6. The lowest BCUT2D eigenvalue weighted by molar-refractivity contribution is -0.483. The molecule has 6 nitrogen and oxygen atoms in total. The van der Waals surface area contributed by atoms with Crippen molar-refractivity contribution < 1.29 is 14.5 Å². The molecule has 0 spiro atoms. The first-order chi connectivity index (χ1) is 12.1. The summed E-state index contributed by atoms with van der Waals surface area (Å²) >= 11 is 0. The van der Waals surface area contributed by atoms with Crippen molar-refractivity contribution in [3.05, 3.63) is 81.9 Å². The lowest BCUT2D eigenvalue weighted by Crippen LogP contribution is -2.33. The maximum atomic E-state index is 12.0. The average Bonchev–Trinajstić information content (AvgIpc) is 2.64. The van der Waals surface area contributed by atoms with Gasteiger partial charge < -0.3 is 10.5 Å². The number of benzene rings is 2. The summed E-state index contributed by atoms with van der Waals surface area (Å²) in [6, 6.07) is 17.8. The fraction of sp³-hybridized carbons (Fsp3) is 0.316. The molecule has 0 fully saturated rings. The molecule has 0 saturated carbocycles. The Kier molecular flexibility index (Phi) is 7.10. The van der Waals surface area contributed by atoms with Gasteiger partial charge in [0.05, 0.1) is 0 Å². The van der Waals surface area contributed by atoms with Gasteiger partial charge in [-0.15, -0.1) is 0 Å². The fourth-order valence-corrected chi connectivity index (χ4v) is 2.60. The van der Waals surface area contributed by atoms with E-state index in [1.165, 1.54) is 0 Å². The van der Waals surface area contributed by atoms with E-state index < -0.39 is 12.0 Å². The molecule has 6 heteroatoms. The number of rotatable bonds is 9. The first-order valence-corrected chi connectivity index (χ1v) is 8.19. The van der Waals surface area contributed by atoms with Gasteiger partial charge in [-0.2, -0.15) is 0 Å². The monoisotopic (exact) mass is 342 g/mol. The Morgan fingerprint density at radius 2 is 1.64 bits per heavy atom. The Labute approximate surface area is 146 Å². The number of carbonyl (C=O) groups is 1. The number of hydrogen-bond acceptors (Lipinski definition) is 5. The number of esters is 1. The maximum absolute atomic E-state index is 12.0. The van der Waals surface area contributed by atoms with E-state index >= 15 is 0 Å². The molecule has 25 heavy (non-hydrogen) atoms. The van der Waals surface area contributed by atoms with E-state index in [1.807, 2.05) is 60.7 Å². The highest BCUT2D eigenvalue weighted by molar-refractivity contribution is 5.75. The minimum absolute atomic E-state index is 0.171. The summed E-state index contributed by atoms with van der Waals surface area (Å²) in [4.78, 5) is 22.6. The zero-order chi connectivity index (χ0) is 18.1. The van der Waals surface area contributed by atoms with E-state index in [0.717, 1.165) is 11.1 Å². The Bertz CT molecular complexity index is 676. The molecule has 0 radical (unpaired) electrons. The van der Waals surface area contributed by atoms with Gasteiger partial charge >= 0.3 is 5.97 Å². The minimum Gasteiger partial charge on any atom is -0.460 e. The Balaban J connectivity index is 1.86. The largest absolute Gasteiger partial charge is 0.460 e. The molecule has 2 atom stereocenters. The number of nitrogens with zero attached hydrogens (tertiary/aromatic N) is 1. The standard InChI is InChI=1S/C19H22N2O4/c20-18(19(22)25-14-15-7-3-1-4-8-15)12-11-17(13-21(23)24)16-9-5-2-6-10-16/h1-10,17-18H,11-14,20H2/t17-,18-/m1/s1. The molecule has 2 aromatic carbocycles. The highest BCUT2D eigenvalue weighted by Crippen LogP contribution is 2.22. The van der Waals surface area contributed by atoms with Crippen LogP contribution in [0.3, 0.4) is 0 Å². The lowest BCUT2D eigenvalue weighted by Gasteiger charge is -2.16. The summed E-state index contributed by atoms with van der Waals surface area (Å²) in [5.74, 6) is -0.763. The third-order valence-corrected chi connectivity index (χ3v) is 3.99. The van der Waals surface area contributed by atoms with Gasteiger partial charge in [0.25, 0.3) is 0 Å². The third kappa shape index (κ3) is 6.35. The molecule has 2 rings (SSSR count). The molecule has 0 unspecified atom stereocenters. The van der Waals surface area contributed by atoms with E-state index in [4.69, 9.17) is 10.5 Å². The molecule has 2 aromatic rings. The molecular formula is C19H22N2O4. The Morgan fingerprint density at radius 3 is 2.24 bits per heavy atom. The van der Waals surface area contributed by atoms with Gasteiger partial charge in [0, 0.05) is 10.8 Å². The van der Waals surface area contributed by atoms with E-state index in [0.29, 0.717) is 12.8 Å². The van der Waals surface area contributed by atoms with Crippen LogP contribution in [0.2, 0.25) is 0 Å². The molecule has 0 aliphatic carbocycles. The molecule has 0 bridgehead atoms. The molecule has 0 saturated heterocycles. The average molecular weight is 342 g/mol. The predicted octanol–water partition coefficient (Wildman–Crippen LogP) is 2.90. The van der Waals surface area contributed by atoms with Gasteiger partial charge in [0.15, 0.2) is 0 Å². The first-order valence-electron chi connectivity index (χ1n) is 8.19. The lowest BCUT2D eigenvalue weighted by atomic mass is 9.92. The van der Waals surface area contributed by atoms with E-state index in [2.05, 4.69) is 0 Å². The van der Waals surface area contributed by atoms with Crippen molar-refractivity contribution in [2.75, 3.05) is 6.54 Å². The van der Waals surface area contributed by atoms with Crippen LogP contribution in [-0.2, 0) is 16.1 Å². The van der Waals surface area contributed by atoms with Crippen molar-refractivity contribution in [3.63, 3.8) is 0 Å². The van der Waals surface area contributed by atoms with E-state index in [1.54, 1.807) is 0 Å². The van der Waals surface area contributed by atoms with Crippen LogP contribution < -0.4 is 5.73 Å². The summed E-state index contributed by atoms with van der Waals surface area (Å²) in [7, 11) is 0. The maximum Gasteiger partial charge on any atom is 0.323 e. The van der Waals surface area contributed by atoms with Crippen molar-refractivity contribution in [1.82, 2.24) is 0 Å². The van der Waals surface area contributed by atoms with Crippen LogP contribution in [0.1, 0.15) is 29.9 Å². The highest BCUT2D eigenvalue weighted by Gasteiger charge is 2.22. The SMILES string of the molecule is N[C@H](CC[C@H](C[N+](=O)[O-])c1ccccc1)C(=O)OCc1ccccc1. The molecule has 0 aliphatic heterocycles. The Hall–Kier alpha value is -2.73. The highest BCUT2D eigenvalue weighted by atomic mass is 16.6. The molecule has 0 aromatic heterocycles. The smallest absolute Gasteiger partial charge is 0.323 e. The van der Waals surface area contributed by atoms with E-state index in [9.17, 15) is 14.9 Å². The second kappa shape index (κ2) is 9.54. The number of hydrogen-bond donors (Lipinski definition) is 1. The second-order valence-corrected chi connectivity index (χ2v) is 5.90. The molecule has 0 aliphatic rings. The van der Waals surface area contributed by atoms with Crippen LogP contribution in [0.25, 0.3) is 0 Å². The summed E-state index contributed by atoms with van der Waals surface area (Å²) in [6.45, 7) is -0.0137. The zero-order valence-electron chi connectivity index (χ0n) is 13.9. The number of nitrogens with two attached hydrogens (primary N) is 1. The van der Waals surface area contributed by atoms with Gasteiger partial charge in [-0.05, 0) is 24.0 Å². The van der Waals surface area contributed by atoms with Crippen LogP contribution >= 0.6 is 0 Å². The van der Waals surface area contributed by atoms with Gasteiger partial charge in [0.1, 0.15) is 12.6 Å². The van der Waals surface area contributed by atoms with Gasteiger partial charge in [-0.3, -0.25) is 14.9 Å². The van der Waals surface area contributed by atoms with Crippen LogP contribution in [0, 0.1) is 10.1 Å². The molecule has 2 N–H and O–H groups in total. The predicted molar refractivity (Wildman–Crippen MR) is 94.5 cm³/mol. The summed E-state index contributed by atoms with van der Waals surface area (Å²) in [6.07, 6.45) is 0.785. The van der Waals surface area contributed by atoms with Gasteiger partial charge in [0.2, 0.25) is 6.54 Å². The topological polar surface area (TPSA) is 95.5 Å². The molecule has 0 heterocycles. The zero-order valence-corrected chi connectivity index (χ0v) is 13.9. The number of ether oxygens (including phenoxy) is 1. The van der Waals surface area contributed by atoms with Crippen molar-refractivity contribution in [2.45, 2.75) is 31.4 Å². The molecule has 0 amide bonds. The van der Waals surface area contributed by atoms with Crippen LogP contribution in [0.5, 0.6) is 0 Å². The number of carbonyl (C=O) groups excluding carboxylic acids is 1. The van der Waals surface area contributed by atoms with Gasteiger partial charge in [-0.1, -0.05) is 60.7 Å². The van der Waals surface area contributed by atoms with Gasteiger partial charge in [-0.25, -0.2) is 0 Å². The van der Waals surface area contributed by atoms with Crippen molar-refractivity contribution in [1.29, 1.82) is 0 Å². The Morgan fingerprint density at radius 1 is 1.04 bits per heavy atom. The normalized spacial score (nSPS) is 13.0. The van der Waals surface area contributed by atoms with Crippen molar-refractivity contribution in [3.8, 4) is 0 Å². The van der Waals surface area contributed by atoms with E-state index in [-0.39, 0.29) is 24.0 Å². The summed E-state index contributed by atoms with van der Waals surface area (Å²) in [5, 5.41) is 10.9. The van der Waals surface area contributed by atoms with Crippen LogP contribution in [-0.4, -0.2) is 23.5 Å². The minimum atomic E-state index is -0.790. The number of nitro groups is 1. The summed E-state index contributed by atoms with van der Waals surface area (Å²) < 4.78 is 5.21. The molecular weight excluding hydrogens is 320 g/mol. The summed E-state index contributed by atoms with van der Waals surface area (Å²) in [5.41, 5.74) is 7.66. The van der Waals surface area contributed by atoms with Crippen LogP contribution in [0.15, 0.2) is 60.7 Å². The fourth-order valence-electron chi connectivity index (χ4n) is 2.60. The quantitative estimate of drug-likeness (QED) is 0.429. The third-order valence-electron chi connectivity index (χ3n) is 3.99. The second-order valence-electron chi connectivity index (χ2n) is 5.90. The molecule has 132 valence electrons. The van der Waals surface area contributed by atoms with Crippen LogP contribution in [0.4, 0.5) is 0 Å².